The summed E-state index contributed by atoms with van der Waals surface area (Å²) >= 11 is 0. The number of ether oxygens (including phenoxy) is 1. The highest BCUT2D eigenvalue weighted by atomic mass is 16.5. The molecular weight excluding hydrogens is 302 g/mol. The molecule has 0 radical (unpaired) electrons. The lowest BCUT2D eigenvalue weighted by Crippen LogP contribution is -2.42. The second-order valence-corrected chi connectivity index (χ2v) is 6.34. The Labute approximate surface area is 141 Å². The van der Waals surface area contributed by atoms with Gasteiger partial charge in [-0.3, -0.25) is 9.69 Å². The molecule has 4 rings (SSSR count). The van der Waals surface area contributed by atoms with Crippen LogP contribution in [0.3, 0.4) is 0 Å². The number of hydrogen-bond donors (Lipinski definition) is 1. The predicted molar refractivity (Wildman–Crippen MR) is 94.4 cm³/mol. The van der Waals surface area contributed by atoms with Crippen LogP contribution in [0.25, 0.3) is 10.8 Å². The minimum atomic E-state index is -0.0842. The van der Waals surface area contributed by atoms with Crippen LogP contribution in [0.4, 0.5) is 0 Å². The van der Waals surface area contributed by atoms with Crippen molar-refractivity contribution in [1.82, 2.24) is 10.3 Å². The summed E-state index contributed by atoms with van der Waals surface area (Å²) in [5.74, 6) is -0.0842. The topological polar surface area (TPSA) is 53.9 Å². The summed E-state index contributed by atoms with van der Waals surface area (Å²) < 4.78 is 5.28. The van der Waals surface area contributed by atoms with Gasteiger partial charge in [-0.25, -0.2) is 5.43 Å². The van der Waals surface area contributed by atoms with E-state index in [1.165, 1.54) is 21.9 Å². The van der Waals surface area contributed by atoms with E-state index in [0.717, 1.165) is 31.5 Å². The minimum Gasteiger partial charge on any atom is -0.379 e. The van der Waals surface area contributed by atoms with Gasteiger partial charge >= 0.3 is 0 Å². The molecule has 0 unspecified atom stereocenters. The van der Waals surface area contributed by atoms with E-state index in [1.807, 2.05) is 0 Å². The van der Waals surface area contributed by atoms with Crippen molar-refractivity contribution in [1.29, 1.82) is 0 Å². The van der Waals surface area contributed by atoms with Crippen molar-refractivity contribution in [3.63, 3.8) is 0 Å². The molecule has 2 aromatic rings. The van der Waals surface area contributed by atoms with Crippen molar-refractivity contribution < 1.29 is 9.53 Å². The highest BCUT2D eigenvalue weighted by Crippen LogP contribution is 2.32. The first-order valence-corrected chi connectivity index (χ1v) is 8.47. The van der Waals surface area contributed by atoms with Crippen LogP contribution in [-0.2, 0) is 22.4 Å². The first-order valence-electron chi connectivity index (χ1n) is 8.47. The van der Waals surface area contributed by atoms with Crippen LogP contribution in [0.1, 0.15) is 16.7 Å². The average Bonchev–Trinajstić information content (AvgIpc) is 3.03. The van der Waals surface area contributed by atoms with Gasteiger partial charge in [-0.05, 0) is 34.7 Å². The van der Waals surface area contributed by atoms with Crippen LogP contribution in [0.2, 0.25) is 0 Å². The number of amides is 1. The summed E-state index contributed by atoms with van der Waals surface area (Å²) in [5.41, 5.74) is 6.50. The van der Waals surface area contributed by atoms with Crippen LogP contribution >= 0.6 is 0 Å². The third-order valence-electron chi connectivity index (χ3n) is 4.77. The molecule has 24 heavy (non-hydrogen) atoms. The fourth-order valence-corrected chi connectivity index (χ4v) is 3.55. The summed E-state index contributed by atoms with van der Waals surface area (Å²) in [6.45, 7) is 3.34. The smallest absolute Gasteiger partial charge is 0.254 e. The Morgan fingerprint density at radius 3 is 2.79 bits per heavy atom. The molecule has 1 aliphatic heterocycles. The molecule has 2 aromatic carbocycles. The zero-order chi connectivity index (χ0) is 16.4. The maximum atomic E-state index is 12.0. The molecule has 1 saturated heterocycles. The normalized spacial score (nSPS) is 17.7. The zero-order valence-corrected chi connectivity index (χ0v) is 13.6. The van der Waals surface area contributed by atoms with Crippen molar-refractivity contribution in [3.05, 3.63) is 47.0 Å². The zero-order valence-electron chi connectivity index (χ0n) is 13.6. The summed E-state index contributed by atoms with van der Waals surface area (Å²) in [7, 11) is 0. The SMILES string of the molecule is O=C(CN1CCOCC1)NN=Cc1ccc2c3c(cccc13)CC2. The summed E-state index contributed by atoms with van der Waals surface area (Å²) in [6, 6.07) is 10.7. The fourth-order valence-electron chi connectivity index (χ4n) is 3.55. The molecule has 1 fully saturated rings. The number of hydrazone groups is 1. The number of morpholine rings is 1. The van der Waals surface area contributed by atoms with Crippen LogP contribution in [-0.4, -0.2) is 49.9 Å². The lowest BCUT2D eigenvalue weighted by molar-refractivity contribution is -0.123. The van der Waals surface area contributed by atoms with Gasteiger partial charge in [0.05, 0.1) is 26.0 Å². The second-order valence-electron chi connectivity index (χ2n) is 6.34. The number of benzene rings is 2. The lowest BCUT2D eigenvalue weighted by atomic mass is 10.0. The maximum absolute atomic E-state index is 12.0. The van der Waals surface area contributed by atoms with Crippen LogP contribution in [0.15, 0.2) is 35.4 Å². The van der Waals surface area contributed by atoms with Gasteiger partial charge < -0.3 is 4.74 Å². The summed E-state index contributed by atoms with van der Waals surface area (Å²) in [4.78, 5) is 14.1. The van der Waals surface area contributed by atoms with Gasteiger partial charge in [0, 0.05) is 18.7 Å². The van der Waals surface area contributed by atoms with Gasteiger partial charge in [-0.15, -0.1) is 0 Å². The first-order chi connectivity index (χ1) is 11.8. The van der Waals surface area contributed by atoms with Gasteiger partial charge in [0.1, 0.15) is 0 Å². The molecule has 2 aliphatic rings. The first kappa shape index (κ1) is 15.3. The Kier molecular flexibility index (Phi) is 4.28. The van der Waals surface area contributed by atoms with Gasteiger partial charge in [0.15, 0.2) is 0 Å². The molecule has 0 spiro atoms. The number of hydrogen-bond acceptors (Lipinski definition) is 4. The van der Waals surface area contributed by atoms with E-state index >= 15 is 0 Å². The van der Waals surface area contributed by atoms with Gasteiger partial charge in [0.25, 0.3) is 5.91 Å². The predicted octanol–water partition coefficient (Wildman–Crippen LogP) is 1.72. The molecule has 0 saturated carbocycles. The molecule has 124 valence electrons. The molecule has 1 N–H and O–H groups in total. The monoisotopic (exact) mass is 323 g/mol. The van der Waals surface area contributed by atoms with Crippen molar-refractivity contribution in [2.24, 2.45) is 5.10 Å². The number of nitrogens with one attached hydrogen (secondary N) is 1. The van der Waals surface area contributed by atoms with Crippen molar-refractivity contribution in [2.45, 2.75) is 12.8 Å². The Hall–Kier alpha value is -2.24. The van der Waals surface area contributed by atoms with Crippen LogP contribution < -0.4 is 5.43 Å². The van der Waals surface area contributed by atoms with E-state index in [2.05, 4.69) is 45.8 Å². The summed E-state index contributed by atoms with van der Waals surface area (Å²) in [6.07, 6.45) is 3.98. The lowest BCUT2D eigenvalue weighted by Gasteiger charge is -2.25. The standard InChI is InChI=1S/C19H21N3O2/c23-18(13-22-8-10-24-11-9-22)21-20-12-16-7-6-15-5-4-14-2-1-3-17(16)19(14)15/h1-3,6-7,12H,4-5,8-11,13H2,(H,21,23). The third kappa shape index (κ3) is 3.05. The number of carbonyl (C=O) groups is 1. The number of nitrogens with zero attached hydrogens (tertiary/aromatic N) is 2. The molecule has 0 bridgehead atoms. The molecule has 5 heteroatoms. The largest absolute Gasteiger partial charge is 0.379 e. The van der Waals surface area contributed by atoms with E-state index in [1.54, 1.807) is 6.21 Å². The molecular formula is C19H21N3O2. The molecule has 1 amide bonds. The van der Waals surface area contributed by atoms with Crippen LogP contribution in [0.5, 0.6) is 0 Å². The van der Waals surface area contributed by atoms with Crippen molar-refractivity contribution in [2.75, 3.05) is 32.8 Å². The highest BCUT2D eigenvalue weighted by molar-refractivity contribution is 6.03. The quantitative estimate of drug-likeness (QED) is 0.688. The maximum Gasteiger partial charge on any atom is 0.254 e. The van der Waals surface area contributed by atoms with Gasteiger partial charge in [0.2, 0.25) is 0 Å². The molecule has 0 atom stereocenters. The van der Waals surface area contributed by atoms with E-state index in [4.69, 9.17) is 4.74 Å². The fraction of sp³-hybridized carbons (Fsp3) is 0.368. The van der Waals surface area contributed by atoms with Gasteiger partial charge in [-0.2, -0.15) is 5.10 Å². The van der Waals surface area contributed by atoms with Crippen molar-refractivity contribution in [3.8, 4) is 0 Å². The Bertz CT molecular complexity index is 784. The Morgan fingerprint density at radius 2 is 1.96 bits per heavy atom. The number of carbonyl (C=O) groups excluding carboxylic acids is 1. The number of rotatable bonds is 4. The van der Waals surface area contributed by atoms with E-state index < -0.39 is 0 Å². The molecule has 1 heterocycles. The van der Waals surface area contributed by atoms with E-state index in [0.29, 0.717) is 19.8 Å². The number of aryl methyl sites for hydroxylation is 2. The minimum absolute atomic E-state index is 0.0842. The average molecular weight is 323 g/mol. The van der Waals surface area contributed by atoms with E-state index in [9.17, 15) is 4.79 Å². The Morgan fingerprint density at radius 1 is 1.17 bits per heavy atom. The Balaban J connectivity index is 1.45. The third-order valence-corrected chi connectivity index (χ3v) is 4.77. The van der Waals surface area contributed by atoms with Gasteiger partial charge in [-0.1, -0.05) is 30.3 Å². The molecule has 5 nitrogen and oxygen atoms in total. The summed E-state index contributed by atoms with van der Waals surface area (Å²) in [5, 5.41) is 6.73. The molecule has 1 aliphatic carbocycles. The van der Waals surface area contributed by atoms with E-state index in [-0.39, 0.29) is 5.91 Å². The highest BCUT2D eigenvalue weighted by Gasteiger charge is 2.15. The molecule has 0 aromatic heterocycles. The second kappa shape index (κ2) is 6.71. The van der Waals surface area contributed by atoms with Crippen molar-refractivity contribution >= 4 is 22.9 Å². The van der Waals surface area contributed by atoms with Crippen LogP contribution in [0, 0.1) is 0 Å².